The molecule has 3 rings (SSSR count). The number of carbonyl (C=O) groups is 1. The van der Waals surface area contributed by atoms with Crippen LogP contribution in [0.25, 0.3) is 5.82 Å². The Hall–Kier alpha value is -2.48. The molecule has 0 saturated carbocycles. The van der Waals surface area contributed by atoms with Gasteiger partial charge in [-0.25, -0.2) is 15.0 Å². The van der Waals surface area contributed by atoms with Crippen LogP contribution in [0.5, 0.6) is 0 Å². The fourth-order valence-electron chi connectivity index (χ4n) is 2.45. The van der Waals surface area contributed by atoms with Gasteiger partial charge in [-0.05, 0) is 0 Å². The van der Waals surface area contributed by atoms with Crippen LogP contribution >= 0.6 is 0 Å². The fourth-order valence-corrected chi connectivity index (χ4v) is 2.45. The molecule has 0 atom stereocenters. The van der Waals surface area contributed by atoms with E-state index in [0.29, 0.717) is 13.1 Å². The summed E-state index contributed by atoms with van der Waals surface area (Å²) in [6.45, 7) is 2.98. The molecule has 0 radical (unpaired) electrons. The number of hydrogen-bond donors (Lipinski definition) is 0. The van der Waals surface area contributed by atoms with Crippen LogP contribution in [0.3, 0.4) is 0 Å². The Morgan fingerprint density at radius 2 is 2.00 bits per heavy atom. The number of piperazine rings is 1. The Morgan fingerprint density at radius 1 is 1.23 bits per heavy atom. The Morgan fingerprint density at radius 3 is 2.68 bits per heavy atom. The molecule has 1 aliphatic heterocycles. The largest absolute Gasteiger partial charge is 0.375 e. The lowest BCUT2D eigenvalue weighted by Gasteiger charge is -2.35. The number of anilines is 1. The van der Waals surface area contributed by atoms with Gasteiger partial charge in [0.05, 0.1) is 0 Å². The van der Waals surface area contributed by atoms with Crippen molar-refractivity contribution in [2.24, 2.45) is 0 Å². The van der Waals surface area contributed by atoms with Crippen molar-refractivity contribution in [1.82, 2.24) is 24.4 Å². The van der Waals surface area contributed by atoms with Gasteiger partial charge >= 0.3 is 0 Å². The minimum Gasteiger partial charge on any atom is -0.375 e. The molecule has 0 bridgehead atoms. The summed E-state index contributed by atoms with van der Waals surface area (Å²) in [5.41, 5.74) is 0. The van der Waals surface area contributed by atoms with Gasteiger partial charge < -0.3 is 14.5 Å². The van der Waals surface area contributed by atoms with Crippen molar-refractivity contribution in [1.29, 1.82) is 0 Å². The van der Waals surface area contributed by atoms with Gasteiger partial charge in [0.1, 0.15) is 30.9 Å². The van der Waals surface area contributed by atoms with Crippen LogP contribution in [0, 0.1) is 0 Å². The third-order valence-corrected chi connectivity index (χ3v) is 3.63. The first-order chi connectivity index (χ1) is 10.8. The second-order valence-corrected chi connectivity index (χ2v) is 5.01. The summed E-state index contributed by atoms with van der Waals surface area (Å²) >= 11 is 0. The summed E-state index contributed by atoms with van der Waals surface area (Å²) in [7, 11) is 1.53. The molecule has 0 unspecified atom stereocenters. The van der Waals surface area contributed by atoms with Crippen LogP contribution in [-0.4, -0.2) is 70.2 Å². The van der Waals surface area contributed by atoms with E-state index in [1.165, 1.54) is 7.11 Å². The smallest absolute Gasteiger partial charge is 0.248 e. The highest BCUT2D eigenvalue weighted by molar-refractivity contribution is 5.77. The van der Waals surface area contributed by atoms with Crippen LogP contribution in [0.15, 0.2) is 31.1 Å². The Kier molecular flexibility index (Phi) is 4.29. The summed E-state index contributed by atoms with van der Waals surface area (Å²) in [6, 6.07) is 1.92. The molecule has 8 heteroatoms. The molecule has 3 heterocycles. The van der Waals surface area contributed by atoms with E-state index in [4.69, 9.17) is 4.74 Å². The maximum absolute atomic E-state index is 11.8. The number of hydrogen-bond acceptors (Lipinski definition) is 6. The van der Waals surface area contributed by atoms with Crippen molar-refractivity contribution in [2.45, 2.75) is 0 Å². The van der Waals surface area contributed by atoms with Crippen LogP contribution in [0.4, 0.5) is 5.82 Å². The van der Waals surface area contributed by atoms with E-state index in [-0.39, 0.29) is 12.5 Å². The minimum absolute atomic E-state index is 0.0314. The standard InChI is InChI=1S/C14H18N6O2/c1-22-9-14(21)19-6-4-18(5-7-19)12-8-13(17-10-16-12)20-3-2-15-11-20/h2-3,8,10-11H,4-7,9H2,1H3. The molecule has 0 aliphatic carbocycles. The Balaban J connectivity index is 1.66. The normalized spacial score (nSPS) is 15.1. The number of ether oxygens (including phenoxy) is 1. The van der Waals surface area contributed by atoms with Gasteiger partial charge in [-0.1, -0.05) is 0 Å². The highest BCUT2D eigenvalue weighted by Gasteiger charge is 2.21. The van der Waals surface area contributed by atoms with E-state index in [1.54, 1.807) is 18.9 Å². The number of imidazole rings is 1. The van der Waals surface area contributed by atoms with Gasteiger partial charge in [-0.15, -0.1) is 0 Å². The summed E-state index contributed by atoms with van der Waals surface area (Å²) < 4.78 is 6.73. The number of carbonyl (C=O) groups excluding carboxylic acids is 1. The highest BCUT2D eigenvalue weighted by Crippen LogP contribution is 2.15. The number of amides is 1. The second-order valence-electron chi connectivity index (χ2n) is 5.01. The van der Waals surface area contributed by atoms with Crippen LogP contribution in [0.1, 0.15) is 0 Å². The van der Waals surface area contributed by atoms with Crippen molar-refractivity contribution in [3.63, 3.8) is 0 Å². The van der Waals surface area contributed by atoms with Crippen molar-refractivity contribution in [2.75, 3.05) is 44.8 Å². The topological polar surface area (TPSA) is 76.4 Å². The third-order valence-electron chi connectivity index (χ3n) is 3.63. The van der Waals surface area contributed by atoms with E-state index < -0.39 is 0 Å². The summed E-state index contributed by atoms with van der Waals surface area (Å²) in [4.78, 5) is 28.4. The zero-order valence-electron chi connectivity index (χ0n) is 12.4. The fraction of sp³-hybridized carbons (Fsp3) is 0.429. The van der Waals surface area contributed by atoms with Crippen LogP contribution < -0.4 is 4.90 Å². The van der Waals surface area contributed by atoms with E-state index in [9.17, 15) is 4.79 Å². The van der Waals surface area contributed by atoms with Gasteiger partial charge in [-0.3, -0.25) is 9.36 Å². The third kappa shape index (κ3) is 3.06. The van der Waals surface area contributed by atoms with Crippen molar-refractivity contribution >= 4 is 11.7 Å². The highest BCUT2D eigenvalue weighted by atomic mass is 16.5. The Bertz CT molecular complexity index is 622. The molecule has 2 aromatic rings. The molecule has 0 aromatic carbocycles. The molecular formula is C14H18N6O2. The first-order valence-electron chi connectivity index (χ1n) is 7.10. The van der Waals surface area contributed by atoms with Gasteiger partial charge in [0, 0.05) is 51.7 Å². The Labute approximate surface area is 128 Å². The second kappa shape index (κ2) is 6.52. The molecule has 1 fully saturated rings. The monoisotopic (exact) mass is 302 g/mol. The molecule has 22 heavy (non-hydrogen) atoms. The predicted molar refractivity (Wildman–Crippen MR) is 79.8 cm³/mol. The first-order valence-corrected chi connectivity index (χ1v) is 7.10. The molecule has 2 aromatic heterocycles. The molecule has 0 N–H and O–H groups in total. The number of aromatic nitrogens is 4. The average Bonchev–Trinajstić information content (AvgIpc) is 3.10. The van der Waals surface area contributed by atoms with Crippen LogP contribution in [0.2, 0.25) is 0 Å². The maximum Gasteiger partial charge on any atom is 0.248 e. The molecule has 116 valence electrons. The van der Waals surface area contributed by atoms with E-state index >= 15 is 0 Å². The lowest BCUT2D eigenvalue weighted by atomic mass is 10.3. The van der Waals surface area contributed by atoms with Crippen molar-refractivity contribution < 1.29 is 9.53 Å². The van der Waals surface area contributed by atoms with Gasteiger partial charge in [0.2, 0.25) is 5.91 Å². The average molecular weight is 302 g/mol. The molecule has 1 aliphatic rings. The maximum atomic E-state index is 11.8. The first kappa shape index (κ1) is 14.5. The van der Waals surface area contributed by atoms with Crippen molar-refractivity contribution in [3.05, 3.63) is 31.1 Å². The van der Waals surface area contributed by atoms with E-state index in [1.807, 2.05) is 21.7 Å². The van der Waals surface area contributed by atoms with Crippen molar-refractivity contribution in [3.8, 4) is 5.82 Å². The van der Waals surface area contributed by atoms with Gasteiger partial charge in [-0.2, -0.15) is 0 Å². The lowest BCUT2D eigenvalue weighted by Crippen LogP contribution is -2.50. The molecule has 1 saturated heterocycles. The zero-order valence-corrected chi connectivity index (χ0v) is 12.4. The molecule has 1 amide bonds. The van der Waals surface area contributed by atoms with Gasteiger partial charge in [0.25, 0.3) is 0 Å². The SMILES string of the molecule is COCC(=O)N1CCN(c2cc(-n3ccnc3)ncn2)CC1. The van der Waals surface area contributed by atoms with E-state index in [2.05, 4.69) is 19.9 Å². The number of methoxy groups -OCH3 is 1. The summed E-state index contributed by atoms with van der Waals surface area (Å²) in [6.07, 6.45) is 6.80. The zero-order chi connectivity index (χ0) is 15.4. The summed E-state index contributed by atoms with van der Waals surface area (Å²) in [5.74, 6) is 1.67. The molecule has 0 spiro atoms. The summed E-state index contributed by atoms with van der Waals surface area (Å²) in [5, 5.41) is 0. The number of nitrogens with zero attached hydrogens (tertiary/aromatic N) is 6. The minimum atomic E-state index is 0.0314. The van der Waals surface area contributed by atoms with Crippen LogP contribution in [-0.2, 0) is 9.53 Å². The quantitative estimate of drug-likeness (QED) is 0.788. The lowest BCUT2D eigenvalue weighted by molar-refractivity contribution is -0.135. The predicted octanol–water partition coefficient (Wildman–Crippen LogP) is -0.0427. The van der Waals surface area contributed by atoms with E-state index in [0.717, 1.165) is 24.7 Å². The molecular weight excluding hydrogens is 284 g/mol. The van der Waals surface area contributed by atoms with Gasteiger partial charge in [0.15, 0.2) is 0 Å². The number of rotatable bonds is 4. The molecule has 8 nitrogen and oxygen atoms in total.